The topological polar surface area (TPSA) is 26.3 Å². The second kappa shape index (κ2) is 17.8. The number of carbonyl (C=O) groups is 1. The van der Waals surface area contributed by atoms with Crippen molar-refractivity contribution in [2.45, 2.75) is 78.1 Å². The monoisotopic (exact) mass is 283 g/mol. The summed E-state index contributed by atoms with van der Waals surface area (Å²) in [4.78, 5) is 10.5. The molecule has 0 rings (SSSR count). The van der Waals surface area contributed by atoms with Crippen molar-refractivity contribution >= 4 is 47.6 Å². The van der Waals surface area contributed by atoms with Crippen molar-refractivity contribution < 1.29 is 8.98 Å². The van der Waals surface area contributed by atoms with E-state index in [0.717, 1.165) is 12.2 Å². The standard InChI is InChI=1S/C14H28O2S.Na/c1-3-4-5-6-7-8-9-10-11-12-13-17-16-14(2)15;/h3-13H2,1-2H3;. The van der Waals surface area contributed by atoms with Gasteiger partial charge in [-0.3, -0.25) is 4.79 Å². The smallest absolute Gasteiger partial charge is 0.314 e. The van der Waals surface area contributed by atoms with E-state index in [1.54, 1.807) is 0 Å². The molecule has 2 nitrogen and oxygen atoms in total. The van der Waals surface area contributed by atoms with Gasteiger partial charge in [-0.2, -0.15) is 0 Å². The van der Waals surface area contributed by atoms with Crippen LogP contribution in [0.25, 0.3) is 0 Å². The molecule has 0 aliphatic carbocycles. The van der Waals surface area contributed by atoms with Crippen LogP contribution in [0.3, 0.4) is 0 Å². The average Bonchev–Trinajstić information content (AvgIpc) is 2.30. The van der Waals surface area contributed by atoms with Crippen LogP contribution >= 0.6 is 12.0 Å². The van der Waals surface area contributed by atoms with Gasteiger partial charge in [-0.15, -0.1) is 0 Å². The number of rotatable bonds is 12. The van der Waals surface area contributed by atoms with Gasteiger partial charge >= 0.3 is 5.97 Å². The Hall–Kier alpha value is 0.820. The molecule has 1 radical (unpaired) electrons. The van der Waals surface area contributed by atoms with E-state index < -0.39 is 0 Å². The Bertz CT molecular complexity index is 177. The molecule has 0 unspecified atom stereocenters. The fraction of sp³-hybridized carbons (Fsp3) is 0.929. The van der Waals surface area contributed by atoms with Crippen LogP contribution in [0.2, 0.25) is 0 Å². The Morgan fingerprint density at radius 2 is 1.33 bits per heavy atom. The third-order valence-electron chi connectivity index (χ3n) is 2.76. The van der Waals surface area contributed by atoms with Crippen molar-refractivity contribution in [3.63, 3.8) is 0 Å². The molecule has 103 valence electrons. The fourth-order valence-electron chi connectivity index (χ4n) is 1.77. The van der Waals surface area contributed by atoms with Gasteiger partial charge in [-0.05, 0) is 6.42 Å². The summed E-state index contributed by atoms with van der Waals surface area (Å²) < 4.78 is 4.80. The summed E-state index contributed by atoms with van der Waals surface area (Å²) in [5, 5.41) is 0. The Morgan fingerprint density at radius 1 is 0.889 bits per heavy atom. The molecule has 0 aliphatic rings. The first kappa shape index (κ1) is 21.1. The number of hydrogen-bond donors (Lipinski definition) is 0. The van der Waals surface area contributed by atoms with E-state index in [4.69, 9.17) is 4.18 Å². The van der Waals surface area contributed by atoms with E-state index in [1.807, 2.05) is 0 Å². The molecule has 0 spiro atoms. The van der Waals surface area contributed by atoms with Crippen molar-refractivity contribution in [1.29, 1.82) is 0 Å². The van der Waals surface area contributed by atoms with E-state index >= 15 is 0 Å². The Labute approximate surface area is 140 Å². The van der Waals surface area contributed by atoms with Crippen LogP contribution in [0.5, 0.6) is 0 Å². The fourth-order valence-corrected chi connectivity index (χ4v) is 2.34. The summed E-state index contributed by atoms with van der Waals surface area (Å²) in [6.45, 7) is 3.71. The van der Waals surface area contributed by atoms with Crippen molar-refractivity contribution in [1.82, 2.24) is 0 Å². The molecule has 0 aromatic rings. The summed E-state index contributed by atoms with van der Waals surface area (Å²) in [7, 11) is 0. The summed E-state index contributed by atoms with van der Waals surface area (Å²) in [6.07, 6.45) is 13.5. The maximum Gasteiger partial charge on any atom is 0.314 e. The van der Waals surface area contributed by atoms with Gasteiger partial charge in [-0.1, -0.05) is 64.7 Å². The Kier molecular flexibility index (Phi) is 20.9. The molecule has 0 aliphatic heterocycles. The molecule has 0 aromatic heterocycles. The zero-order chi connectivity index (χ0) is 12.8. The molecule has 0 bridgehead atoms. The van der Waals surface area contributed by atoms with Crippen LogP contribution in [0.4, 0.5) is 0 Å². The first-order valence-corrected chi connectivity index (χ1v) is 7.98. The molecule has 0 fully saturated rings. The molecule has 0 amide bonds. The zero-order valence-corrected chi connectivity index (χ0v) is 15.3. The second-order valence-corrected chi connectivity index (χ2v) is 5.39. The van der Waals surface area contributed by atoms with Gasteiger partial charge in [0.05, 0.1) is 12.0 Å². The third-order valence-corrected chi connectivity index (χ3v) is 3.57. The normalized spacial score (nSPS) is 9.89. The van der Waals surface area contributed by atoms with E-state index in [0.29, 0.717) is 0 Å². The van der Waals surface area contributed by atoms with Gasteiger partial charge in [0.2, 0.25) is 0 Å². The number of unbranched alkanes of at least 4 members (excludes halogenated alkanes) is 9. The van der Waals surface area contributed by atoms with Crippen LogP contribution in [-0.4, -0.2) is 41.3 Å². The first-order chi connectivity index (χ1) is 8.27. The van der Waals surface area contributed by atoms with Gasteiger partial charge in [0.1, 0.15) is 0 Å². The molecular weight excluding hydrogens is 255 g/mol. The van der Waals surface area contributed by atoms with Crippen molar-refractivity contribution in [2.24, 2.45) is 0 Å². The van der Waals surface area contributed by atoms with Crippen LogP contribution in [0.15, 0.2) is 0 Å². The largest absolute Gasteiger partial charge is 0.392 e. The van der Waals surface area contributed by atoms with E-state index in [9.17, 15) is 4.79 Å². The van der Waals surface area contributed by atoms with Gasteiger partial charge < -0.3 is 4.18 Å². The van der Waals surface area contributed by atoms with Crippen LogP contribution in [0.1, 0.15) is 78.1 Å². The SMILES string of the molecule is CCCCCCCCCCCCSOC(C)=O.[Na]. The van der Waals surface area contributed by atoms with E-state index in [-0.39, 0.29) is 35.5 Å². The molecule has 18 heavy (non-hydrogen) atoms. The van der Waals surface area contributed by atoms with E-state index in [2.05, 4.69) is 6.92 Å². The minimum atomic E-state index is -0.193. The van der Waals surface area contributed by atoms with Crippen molar-refractivity contribution in [3.05, 3.63) is 0 Å². The summed E-state index contributed by atoms with van der Waals surface area (Å²) in [6, 6.07) is 0. The summed E-state index contributed by atoms with van der Waals surface area (Å²) >= 11 is 1.29. The zero-order valence-electron chi connectivity index (χ0n) is 12.5. The molecule has 0 saturated carbocycles. The third kappa shape index (κ3) is 19.2. The van der Waals surface area contributed by atoms with Crippen molar-refractivity contribution in [3.8, 4) is 0 Å². The minimum absolute atomic E-state index is 0. The summed E-state index contributed by atoms with van der Waals surface area (Å²) in [5.41, 5.74) is 0. The Balaban J connectivity index is 0. The quantitative estimate of drug-likeness (QED) is 0.294. The predicted octanol–water partition coefficient (Wildman–Crippen LogP) is 4.74. The molecule has 0 saturated heterocycles. The average molecular weight is 283 g/mol. The molecule has 0 N–H and O–H groups in total. The van der Waals surface area contributed by atoms with E-state index in [1.165, 1.54) is 76.8 Å². The van der Waals surface area contributed by atoms with Crippen LogP contribution < -0.4 is 0 Å². The second-order valence-electron chi connectivity index (χ2n) is 4.58. The van der Waals surface area contributed by atoms with Crippen LogP contribution in [-0.2, 0) is 8.98 Å². The maximum atomic E-state index is 10.5. The first-order valence-electron chi connectivity index (χ1n) is 7.07. The number of carbonyl (C=O) groups excluding carboxylic acids is 1. The molecule has 0 aromatic carbocycles. The van der Waals surface area contributed by atoms with Crippen LogP contribution in [0, 0.1) is 0 Å². The Morgan fingerprint density at radius 3 is 1.78 bits per heavy atom. The van der Waals surface area contributed by atoms with Gasteiger partial charge in [0.25, 0.3) is 0 Å². The maximum absolute atomic E-state index is 10.5. The van der Waals surface area contributed by atoms with Gasteiger partial charge in [0, 0.05) is 42.2 Å². The predicted molar refractivity (Wildman–Crippen MR) is 81.8 cm³/mol. The molecule has 0 heterocycles. The molecular formula is C14H28NaO2S. The number of hydrogen-bond acceptors (Lipinski definition) is 3. The minimum Gasteiger partial charge on any atom is -0.392 e. The molecule has 4 heteroatoms. The molecule has 0 atom stereocenters. The summed E-state index contributed by atoms with van der Waals surface area (Å²) in [5.74, 6) is 0.748. The van der Waals surface area contributed by atoms with Gasteiger partial charge in [-0.25, -0.2) is 0 Å². The van der Waals surface area contributed by atoms with Gasteiger partial charge in [0.15, 0.2) is 0 Å². The van der Waals surface area contributed by atoms with Crippen molar-refractivity contribution in [2.75, 3.05) is 5.75 Å².